The van der Waals surface area contributed by atoms with Gasteiger partial charge in [-0.05, 0) is 54.3 Å². The van der Waals surface area contributed by atoms with Crippen molar-refractivity contribution in [1.29, 1.82) is 0 Å². The minimum absolute atomic E-state index is 0.613. The van der Waals surface area contributed by atoms with Crippen LogP contribution in [0.3, 0.4) is 0 Å². The largest absolute Gasteiger partial charge is 0.457 e. The summed E-state index contributed by atoms with van der Waals surface area (Å²) in [5, 5.41) is 0. The molecule has 2 nitrogen and oxygen atoms in total. The van der Waals surface area contributed by atoms with Gasteiger partial charge in [0.25, 0.3) is 0 Å². The second-order valence-electron chi connectivity index (χ2n) is 5.99. The highest BCUT2D eigenvalue weighted by Gasteiger charge is 2.06. The lowest BCUT2D eigenvalue weighted by molar-refractivity contribution is 0.482. The molecule has 0 spiro atoms. The summed E-state index contributed by atoms with van der Waals surface area (Å²) in [6.45, 7) is 4.56. The highest BCUT2D eigenvalue weighted by atomic mass is 16.5. The Morgan fingerprint density at radius 2 is 1.45 bits per heavy atom. The van der Waals surface area contributed by atoms with E-state index in [9.17, 15) is 0 Å². The van der Waals surface area contributed by atoms with Gasteiger partial charge in [0, 0.05) is 5.69 Å². The molecule has 0 heterocycles. The lowest BCUT2D eigenvalue weighted by atomic mass is 9.95. The van der Waals surface area contributed by atoms with Gasteiger partial charge in [-0.25, -0.2) is 0 Å². The molecule has 1 unspecified atom stereocenters. The zero-order valence-corrected chi connectivity index (χ0v) is 13.7. The van der Waals surface area contributed by atoms with Crippen LogP contribution in [0.2, 0.25) is 0 Å². The molecule has 22 heavy (non-hydrogen) atoms. The summed E-state index contributed by atoms with van der Waals surface area (Å²) >= 11 is 0. The highest BCUT2D eigenvalue weighted by Crippen LogP contribution is 2.27. The number of anilines is 1. The van der Waals surface area contributed by atoms with E-state index >= 15 is 0 Å². The molecule has 0 aliphatic carbocycles. The lowest BCUT2D eigenvalue weighted by Crippen LogP contribution is -1.94. The predicted molar refractivity (Wildman–Crippen MR) is 94.5 cm³/mol. The van der Waals surface area contributed by atoms with E-state index in [0.717, 1.165) is 17.2 Å². The van der Waals surface area contributed by atoms with Crippen molar-refractivity contribution in [3.05, 3.63) is 54.1 Å². The molecule has 0 saturated carbocycles. The molecule has 118 valence electrons. The van der Waals surface area contributed by atoms with Gasteiger partial charge in [0.1, 0.15) is 11.5 Å². The van der Waals surface area contributed by atoms with E-state index in [1.165, 1.54) is 37.7 Å². The number of hydrogen-bond donors (Lipinski definition) is 1. The van der Waals surface area contributed by atoms with Crippen LogP contribution in [0.25, 0.3) is 0 Å². The molecule has 2 aromatic carbocycles. The molecule has 0 fully saturated rings. The summed E-state index contributed by atoms with van der Waals surface area (Å²) in [4.78, 5) is 0. The van der Waals surface area contributed by atoms with Gasteiger partial charge in [0.2, 0.25) is 0 Å². The van der Waals surface area contributed by atoms with Gasteiger partial charge >= 0.3 is 0 Å². The molecule has 0 saturated heterocycles. The lowest BCUT2D eigenvalue weighted by Gasteiger charge is -2.13. The standard InChI is InChI=1S/C20H27NO/c1-3-4-5-6-7-16(2)17-8-12-19(13-9-17)22-20-14-10-18(21)11-15-20/h8-16H,3-7,21H2,1-2H3. The van der Waals surface area contributed by atoms with Crippen molar-refractivity contribution in [2.45, 2.75) is 51.9 Å². The van der Waals surface area contributed by atoms with Crippen LogP contribution < -0.4 is 10.5 Å². The number of unbranched alkanes of at least 4 members (excludes halogenated alkanes) is 3. The van der Waals surface area contributed by atoms with E-state index in [1.54, 1.807) is 0 Å². The monoisotopic (exact) mass is 297 g/mol. The van der Waals surface area contributed by atoms with Gasteiger partial charge in [-0.15, -0.1) is 0 Å². The number of benzene rings is 2. The Morgan fingerprint density at radius 3 is 2.05 bits per heavy atom. The smallest absolute Gasteiger partial charge is 0.127 e. The van der Waals surface area contributed by atoms with Gasteiger partial charge in [-0.2, -0.15) is 0 Å². The summed E-state index contributed by atoms with van der Waals surface area (Å²) < 4.78 is 5.83. The molecular formula is C20H27NO. The van der Waals surface area contributed by atoms with Gasteiger partial charge in [0.15, 0.2) is 0 Å². The van der Waals surface area contributed by atoms with Crippen LogP contribution in [0.4, 0.5) is 5.69 Å². The Labute approximate surface area is 134 Å². The van der Waals surface area contributed by atoms with Crippen molar-refractivity contribution in [2.75, 3.05) is 5.73 Å². The summed E-state index contributed by atoms with van der Waals surface area (Å²) in [5.41, 5.74) is 7.82. The molecule has 0 aliphatic heterocycles. The Morgan fingerprint density at radius 1 is 0.864 bits per heavy atom. The molecule has 2 heteroatoms. The van der Waals surface area contributed by atoms with Gasteiger partial charge in [0.05, 0.1) is 0 Å². The van der Waals surface area contributed by atoms with Crippen LogP contribution in [0.15, 0.2) is 48.5 Å². The molecular weight excluding hydrogens is 270 g/mol. The van der Waals surface area contributed by atoms with Crippen molar-refractivity contribution in [2.24, 2.45) is 0 Å². The van der Waals surface area contributed by atoms with Crippen LogP contribution in [0, 0.1) is 0 Å². The first-order chi connectivity index (χ1) is 10.7. The zero-order chi connectivity index (χ0) is 15.8. The number of rotatable bonds is 8. The van der Waals surface area contributed by atoms with Gasteiger partial charge < -0.3 is 10.5 Å². The normalized spacial score (nSPS) is 12.1. The van der Waals surface area contributed by atoms with Gasteiger partial charge in [-0.1, -0.05) is 51.7 Å². The number of hydrogen-bond acceptors (Lipinski definition) is 2. The topological polar surface area (TPSA) is 35.2 Å². The van der Waals surface area contributed by atoms with Crippen LogP contribution in [-0.4, -0.2) is 0 Å². The molecule has 0 bridgehead atoms. The van der Waals surface area contributed by atoms with Crippen LogP contribution >= 0.6 is 0 Å². The van der Waals surface area contributed by atoms with Crippen molar-refractivity contribution in [3.8, 4) is 11.5 Å². The summed E-state index contributed by atoms with van der Waals surface area (Å²) in [6, 6.07) is 15.9. The molecule has 0 aliphatic rings. The molecule has 0 amide bonds. The first-order valence-electron chi connectivity index (χ1n) is 8.32. The van der Waals surface area contributed by atoms with Crippen LogP contribution in [-0.2, 0) is 0 Å². The minimum Gasteiger partial charge on any atom is -0.457 e. The maximum Gasteiger partial charge on any atom is 0.127 e. The SMILES string of the molecule is CCCCCCC(C)c1ccc(Oc2ccc(N)cc2)cc1. The van der Waals surface area contributed by atoms with E-state index in [4.69, 9.17) is 10.5 Å². The fraction of sp³-hybridized carbons (Fsp3) is 0.400. The Bertz CT molecular complexity index is 545. The molecule has 1 atom stereocenters. The first-order valence-corrected chi connectivity index (χ1v) is 8.32. The maximum absolute atomic E-state index is 5.83. The number of nitrogen functional groups attached to an aromatic ring is 1. The molecule has 0 radical (unpaired) electrons. The van der Waals surface area contributed by atoms with Gasteiger partial charge in [-0.3, -0.25) is 0 Å². The summed E-state index contributed by atoms with van der Waals surface area (Å²) in [7, 11) is 0. The first kappa shape index (κ1) is 16.4. The summed E-state index contributed by atoms with van der Waals surface area (Å²) in [5.74, 6) is 2.30. The quantitative estimate of drug-likeness (QED) is 0.469. The Kier molecular flexibility index (Phi) is 6.32. The van der Waals surface area contributed by atoms with E-state index < -0.39 is 0 Å². The highest BCUT2D eigenvalue weighted by molar-refractivity contribution is 5.43. The van der Waals surface area contributed by atoms with E-state index in [-0.39, 0.29) is 0 Å². The van der Waals surface area contributed by atoms with E-state index in [1.807, 2.05) is 36.4 Å². The molecule has 2 N–H and O–H groups in total. The van der Waals surface area contributed by atoms with Crippen molar-refractivity contribution >= 4 is 5.69 Å². The van der Waals surface area contributed by atoms with Crippen molar-refractivity contribution in [1.82, 2.24) is 0 Å². The second-order valence-corrected chi connectivity index (χ2v) is 5.99. The fourth-order valence-electron chi connectivity index (χ4n) is 2.58. The van der Waals surface area contributed by atoms with Crippen molar-refractivity contribution in [3.63, 3.8) is 0 Å². The fourth-order valence-corrected chi connectivity index (χ4v) is 2.58. The third kappa shape index (κ3) is 5.10. The average Bonchev–Trinajstić information content (AvgIpc) is 2.54. The molecule has 2 aromatic rings. The minimum atomic E-state index is 0.613. The number of ether oxygens (including phenoxy) is 1. The van der Waals surface area contributed by atoms with Crippen LogP contribution in [0.1, 0.15) is 57.4 Å². The molecule has 2 rings (SSSR count). The molecule has 0 aromatic heterocycles. The third-order valence-corrected chi connectivity index (χ3v) is 4.06. The third-order valence-electron chi connectivity index (χ3n) is 4.06. The average molecular weight is 297 g/mol. The Hall–Kier alpha value is -1.96. The second kappa shape index (κ2) is 8.47. The van der Waals surface area contributed by atoms with Crippen LogP contribution in [0.5, 0.6) is 11.5 Å². The zero-order valence-electron chi connectivity index (χ0n) is 13.7. The Balaban J connectivity index is 1.88. The summed E-state index contributed by atoms with van der Waals surface area (Å²) in [6.07, 6.45) is 6.57. The predicted octanol–water partition coefficient (Wildman–Crippen LogP) is 6.14. The van der Waals surface area contributed by atoms with E-state index in [0.29, 0.717) is 5.92 Å². The number of nitrogens with two attached hydrogens (primary N) is 1. The van der Waals surface area contributed by atoms with Crippen molar-refractivity contribution < 1.29 is 4.74 Å². The maximum atomic E-state index is 5.83. The van der Waals surface area contributed by atoms with E-state index in [2.05, 4.69) is 26.0 Å².